The number of nitrogens with zero attached hydrogens (tertiary/aromatic N) is 3. The van der Waals surface area contributed by atoms with Crippen LogP contribution in [0.5, 0.6) is 0 Å². The van der Waals surface area contributed by atoms with E-state index in [1.165, 1.54) is 5.56 Å². The van der Waals surface area contributed by atoms with Crippen molar-refractivity contribution in [3.05, 3.63) is 35.6 Å². The molecule has 3 unspecified atom stereocenters. The number of hydrogen-bond acceptors (Lipinski definition) is 5. The number of carbonyl (C=O) groups is 1. The Hall–Kier alpha value is -1.60. The molecular weight excluding hydrogens is 449 g/mol. The van der Waals surface area contributed by atoms with Gasteiger partial charge < -0.3 is 14.9 Å². The molecule has 0 spiro atoms. The lowest BCUT2D eigenvalue weighted by Gasteiger charge is -2.41. The molecule has 7 heteroatoms. The molecule has 1 saturated carbocycles. The molecule has 0 saturated heterocycles. The van der Waals surface area contributed by atoms with E-state index >= 15 is 0 Å². The van der Waals surface area contributed by atoms with E-state index in [1.807, 2.05) is 24.7 Å². The Morgan fingerprint density at radius 3 is 2.50 bits per heavy atom. The maximum atomic E-state index is 13.5. The Morgan fingerprint density at radius 1 is 1.26 bits per heavy atom. The highest BCUT2D eigenvalue weighted by Gasteiger charge is 2.51. The predicted octanol–water partition coefficient (Wildman–Crippen LogP) is 5.71. The van der Waals surface area contributed by atoms with Crippen molar-refractivity contribution in [2.24, 2.45) is 16.8 Å². The molecule has 1 aliphatic carbocycles. The van der Waals surface area contributed by atoms with Crippen LogP contribution in [0.2, 0.25) is 0 Å². The Balaban J connectivity index is 1.70. The van der Waals surface area contributed by atoms with Gasteiger partial charge in [-0.15, -0.1) is 0 Å². The second-order valence-electron chi connectivity index (χ2n) is 10.3. The van der Waals surface area contributed by atoms with Crippen LogP contribution >= 0.6 is 11.8 Å². The van der Waals surface area contributed by atoms with Crippen LogP contribution in [0.3, 0.4) is 0 Å². The lowest BCUT2D eigenvalue weighted by Crippen LogP contribution is -2.52. The van der Waals surface area contributed by atoms with Crippen LogP contribution in [0, 0.1) is 17.7 Å². The van der Waals surface area contributed by atoms with Crippen LogP contribution in [0.4, 0.5) is 4.39 Å². The summed E-state index contributed by atoms with van der Waals surface area (Å²) in [5, 5.41) is 10.3. The molecule has 34 heavy (non-hydrogen) atoms. The highest BCUT2D eigenvalue weighted by Crippen LogP contribution is 2.43. The summed E-state index contributed by atoms with van der Waals surface area (Å²) in [4.78, 5) is 21.7. The summed E-state index contributed by atoms with van der Waals surface area (Å²) in [6.07, 6.45) is 11.9. The van der Waals surface area contributed by atoms with Gasteiger partial charge in [-0.1, -0.05) is 38.3 Å². The van der Waals surface area contributed by atoms with Gasteiger partial charge in [0.1, 0.15) is 5.82 Å². The Labute approximate surface area is 209 Å². The lowest BCUT2D eigenvalue weighted by molar-refractivity contribution is -0.145. The Kier molecular flexibility index (Phi) is 9.84. The standard InChI is InChI=1S/C27H42FN3O2S/c1-5-6-16-31-19-29-27(26(32)33,15-17-34-4)24(31)18-20-7-9-21(10-8-20)25(30(2)3)22-11-13-23(28)14-12-22/h11-14,19-21,24-25H,5-10,15-18H2,1-4H3,(H,32,33). The fraction of sp³-hybridized carbons (Fsp3) is 0.704. The molecule has 1 N–H and O–H groups in total. The van der Waals surface area contributed by atoms with Crippen molar-refractivity contribution in [2.45, 2.75) is 75.9 Å². The zero-order valence-electron chi connectivity index (χ0n) is 21.3. The third-order valence-corrected chi connectivity index (χ3v) is 8.49. The molecule has 1 fully saturated rings. The molecule has 1 aliphatic heterocycles. The topological polar surface area (TPSA) is 56.1 Å². The van der Waals surface area contributed by atoms with Gasteiger partial charge in [-0.2, -0.15) is 11.8 Å². The second-order valence-corrected chi connectivity index (χ2v) is 11.3. The average Bonchev–Trinajstić information content (AvgIpc) is 3.17. The summed E-state index contributed by atoms with van der Waals surface area (Å²) in [5.41, 5.74) is 0.153. The SMILES string of the molecule is CCCCN1C=NC(CCSC)(C(=O)O)C1CC1CCC(C(c2ccc(F)cc2)N(C)C)CC1. The molecule has 1 aromatic carbocycles. The van der Waals surface area contributed by atoms with Gasteiger partial charge in [0.15, 0.2) is 5.54 Å². The number of unbranched alkanes of at least 4 members (excludes halogenated alkanes) is 1. The predicted molar refractivity (Wildman–Crippen MR) is 140 cm³/mol. The lowest BCUT2D eigenvalue weighted by atomic mass is 9.72. The number of aliphatic imine (C=N–C) groups is 1. The molecule has 3 atom stereocenters. The van der Waals surface area contributed by atoms with Crippen molar-refractivity contribution >= 4 is 24.1 Å². The molecule has 0 radical (unpaired) electrons. The number of halogens is 1. The first-order valence-electron chi connectivity index (χ1n) is 12.8. The highest BCUT2D eigenvalue weighted by molar-refractivity contribution is 7.98. The quantitative estimate of drug-likeness (QED) is 0.406. The maximum Gasteiger partial charge on any atom is 0.333 e. The number of rotatable bonds is 12. The molecule has 0 aromatic heterocycles. The van der Waals surface area contributed by atoms with Gasteiger partial charge in [0.2, 0.25) is 0 Å². The largest absolute Gasteiger partial charge is 0.479 e. The summed E-state index contributed by atoms with van der Waals surface area (Å²) in [6.45, 7) is 3.05. The molecule has 1 heterocycles. The van der Waals surface area contributed by atoms with Crippen molar-refractivity contribution in [3.63, 3.8) is 0 Å². The average molecular weight is 492 g/mol. The third-order valence-electron chi connectivity index (χ3n) is 7.88. The van der Waals surface area contributed by atoms with E-state index in [4.69, 9.17) is 0 Å². The molecule has 0 amide bonds. The molecule has 190 valence electrons. The number of benzene rings is 1. The maximum absolute atomic E-state index is 13.5. The van der Waals surface area contributed by atoms with Gasteiger partial charge in [0.05, 0.1) is 12.4 Å². The van der Waals surface area contributed by atoms with Gasteiger partial charge in [-0.25, -0.2) is 9.18 Å². The molecule has 0 bridgehead atoms. The number of hydrogen-bond donors (Lipinski definition) is 1. The van der Waals surface area contributed by atoms with E-state index < -0.39 is 11.5 Å². The molecule has 2 aliphatic rings. The fourth-order valence-electron chi connectivity index (χ4n) is 6.00. The first kappa shape index (κ1) is 27.0. The van der Waals surface area contributed by atoms with Gasteiger partial charge in [-0.05, 0) is 87.7 Å². The van der Waals surface area contributed by atoms with Crippen molar-refractivity contribution in [1.29, 1.82) is 0 Å². The summed E-state index contributed by atoms with van der Waals surface area (Å²) in [7, 11) is 4.21. The van der Waals surface area contributed by atoms with E-state index in [-0.39, 0.29) is 17.9 Å². The number of carboxylic acids is 1. The van der Waals surface area contributed by atoms with E-state index in [9.17, 15) is 14.3 Å². The first-order chi connectivity index (χ1) is 16.3. The molecule has 5 nitrogen and oxygen atoms in total. The van der Waals surface area contributed by atoms with E-state index in [0.29, 0.717) is 18.3 Å². The summed E-state index contributed by atoms with van der Waals surface area (Å²) in [5.74, 6) is 0.861. The van der Waals surface area contributed by atoms with Gasteiger partial charge in [0, 0.05) is 12.6 Å². The van der Waals surface area contributed by atoms with Crippen LogP contribution in [0.25, 0.3) is 0 Å². The van der Waals surface area contributed by atoms with Crippen LogP contribution in [-0.4, -0.2) is 71.4 Å². The van der Waals surface area contributed by atoms with Crippen molar-refractivity contribution in [2.75, 3.05) is 32.6 Å². The molecular formula is C27H42FN3O2S. The smallest absolute Gasteiger partial charge is 0.333 e. The van der Waals surface area contributed by atoms with Crippen LogP contribution in [0.15, 0.2) is 29.3 Å². The van der Waals surface area contributed by atoms with Gasteiger partial charge >= 0.3 is 5.97 Å². The Bertz CT molecular complexity index is 811. The minimum absolute atomic E-state index is 0.0630. The number of carboxylic acid groups (broad SMARTS) is 1. The van der Waals surface area contributed by atoms with Crippen molar-refractivity contribution < 1.29 is 14.3 Å². The normalized spacial score (nSPS) is 27.9. The summed E-state index contributed by atoms with van der Waals surface area (Å²) in [6, 6.07) is 7.16. The zero-order valence-corrected chi connectivity index (χ0v) is 22.1. The van der Waals surface area contributed by atoms with Gasteiger partial charge in [0.25, 0.3) is 0 Å². The second kappa shape index (κ2) is 12.4. The van der Waals surface area contributed by atoms with Crippen LogP contribution < -0.4 is 0 Å². The summed E-state index contributed by atoms with van der Waals surface area (Å²) >= 11 is 1.69. The van der Waals surface area contributed by atoms with Crippen molar-refractivity contribution in [1.82, 2.24) is 9.80 Å². The minimum atomic E-state index is -1.02. The molecule has 1 aromatic rings. The van der Waals surface area contributed by atoms with E-state index in [2.05, 4.69) is 35.8 Å². The van der Waals surface area contributed by atoms with Gasteiger partial charge in [-0.3, -0.25) is 4.99 Å². The molecule has 3 rings (SSSR count). The minimum Gasteiger partial charge on any atom is -0.479 e. The Morgan fingerprint density at radius 2 is 1.94 bits per heavy atom. The first-order valence-corrected chi connectivity index (χ1v) is 14.2. The fourth-order valence-corrected chi connectivity index (χ4v) is 6.52. The zero-order chi connectivity index (χ0) is 24.7. The number of aliphatic carboxylic acids is 1. The van der Waals surface area contributed by atoms with Crippen LogP contribution in [0.1, 0.15) is 69.9 Å². The van der Waals surface area contributed by atoms with E-state index in [1.54, 1.807) is 23.9 Å². The van der Waals surface area contributed by atoms with Crippen molar-refractivity contribution in [3.8, 4) is 0 Å². The third kappa shape index (κ3) is 6.14. The van der Waals surface area contributed by atoms with E-state index in [0.717, 1.165) is 57.2 Å². The van der Waals surface area contributed by atoms with Crippen LogP contribution in [-0.2, 0) is 4.79 Å². The summed E-state index contributed by atoms with van der Waals surface area (Å²) < 4.78 is 13.5. The monoisotopic (exact) mass is 491 g/mol. The highest BCUT2D eigenvalue weighted by atomic mass is 32.2. The number of thioether (sulfide) groups is 1.